The SMILES string of the molecule is CCCCC(=O)Nc1ccc2nc(-c3cnc[nH]3)cc(C)c2c1. The lowest BCUT2D eigenvalue weighted by Crippen LogP contribution is -2.10. The van der Waals surface area contributed by atoms with Crippen LogP contribution in [0.15, 0.2) is 36.8 Å². The molecule has 2 aromatic heterocycles. The molecule has 3 aromatic rings. The van der Waals surface area contributed by atoms with E-state index < -0.39 is 0 Å². The molecule has 118 valence electrons. The van der Waals surface area contributed by atoms with Crippen LogP contribution in [0.2, 0.25) is 0 Å². The fraction of sp³-hybridized carbons (Fsp3) is 0.278. The lowest BCUT2D eigenvalue weighted by atomic mass is 10.1. The number of rotatable bonds is 5. The van der Waals surface area contributed by atoms with Gasteiger partial charge in [0.15, 0.2) is 0 Å². The molecule has 2 N–H and O–H groups in total. The highest BCUT2D eigenvalue weighted by Gasteiger charge is 2.08. The zero-order valence-electron chi connectivity index (χ0n) is 13.4. The number of H-pyrrole nitrogens is 1. The first-order chi connectivity index (χ1) is 11.2. The molecule has 0 saturated heterocycles. The van der Waals surface area contributed by atoms with Crippen LogP contribution in [0.3, 0.4) is 0 Å². The van der Waals surface area contributed by atoms with E-state index in [9.17, 15) is 4.79 Å². The van der Waals surface area contributed by atoms with Gasteiger partial charge in [-0.1, -0.05) is 13.3 Å². The Hall–Kier alpha value is -2.69. The van der Waals surface area contributed by atoms with Gasteiger partial charge >= 0.3 is 0 Å². The zero-order chi connectivity index (χ0) is 16.2. The third-order valence-electron chi connectivity index (χ3n) is 3.83. The molecule has 0 bridgehead atoms. The number of benzene rings is 1. The third-order valence-corrected chi connectivity index (χ3v) is 3.83. The minimum atomic E-state index is 0.0610. The molecule has 2 heterocycles. The first-order valence-electron chi connectivity index (χ1n) is 7.87. The Labute approximate surface area is 135 Å². The van der Waals surface area contributed by atoms with Crippen LogP contribution in [0.5, 0.6) is 0 Å². The number of imidazole rings is 1. The zero-order valence-corrected chi connectivity index (χ0v) is 13.4. The maximum atomic E-state index is 11.9. The monoisotopic (exact) mass is 308 g/mol. The van der Waals surface area contributed by atoms with Crippen LogP contribution in [0.4, 0.5) is 5.69 Å². The number of nitrogens with zero attached hydrogens (tertiary/aromatic N) is 2. The van der Waals surface area contributed by atoms with Crippen LogP contribution in [-0.2, 0) is 4.79 Å². The van der Waals surface area contributed by atoms with Crippen LogP contribution in [0, 0.1) is 6.92 Å². The number of aromatic amines is 1. The Morgan fingerprint density at radius 1 is 1.30 bits per heavy atom. The first-order valence-corrected chi connectivity index (χ1v) is 7.87. The van der Waals surface area contributed by atoms with Crippen LogP contribution < -0.4 is 5.32 Å². The van der Waals surface area contributed by atoms with Gasteiger partial charge in [0.25, 0.3) is 0 Å². The Bertz CT molecular complexity index is 824. The number of anilines is 1. The van der Waals surface area contributed by atoms with Gasteiger partial charge in [0, 0.05) is 17.5 Å². The van der Waals surface area contributed by atoms with Crippen molar-refractivity contribution in [3.63, 3.8) is 0 Å². The van der Waals surface area contributed by atoms with Gasteiger partial charge in [0.1, 0.15) is 0 Å². The number of unbranched alkanes of at least 4 members (excludes halogenated alkanes) is 1. The molecule has 0 aliphatic heterocycles. The summed E-state index contributed by atoms with van der Waals surface area (Å²) in [6.45, 7) is 4.13. The summed E-state index contributed by atoms with van der Waals surface area (Å²) in [5, 5.41) is 4.00. The second kappa shape index (κ2) is 6.60. The molecule has 5 heteroatoms. The highest BCUT2D eigenvalue weighted by molar-refractivity contribution is 5.94. The van der Waals surface area contributed by atoms with Gasteiger partial charge in [-0.3, -0.25) is 4.79 Å². The molecule has 0 aliphatic carbocycles. The third kappa shape index (κ3) is 3.39. The fourth-order valence-corrected chi connectivity index (χ4v) is 2.57. The number of pyridine rings is 1. The van der Waals surface area contributed by atoms with Crippen molar-refractivity contribution in [3.05, 3.63) is 42.4 Å². The number of aromatic nitrogens is 3. The van der Waals surface area contributed by atoms with Gasteiger partial charge in [0.05, 0.1) is 29.4 Å². The van der Waals surface area contributed by atoms with Crippen LogP contribution in [0.25, 0.3) is 22.3 Å². The van der Waals surface area contributed by atoms with Crippen LogP contribution in [-0.4, -0.2) is 20.9 Å². The standard InChI is InChI=1S/C18H20N4O/c1-3-4-5-18(23)21-13-6-7-15-14(9-13)12(2)8-16(22-15)17-10-19-11-20-17/h6-11H,3-5H2,1-2H3,(H,19,20)(H,21,23). The van der Waals surface area contributed by atoms with Crippen molar-refractivity contribution in [2.75, 3.05) is 5.32 Å². The molecule has 0 spiro atoms. The lowest BCUT2D eigenvalue weighted by Gasteiger charge is -2.09. The Morgan fingerprint density at radius 2 is 2.17 bits per heavy atom. The van der Waals surface area contributed by atoms with Crippen molar-refractivity contribution >= 4 is 22.5 Å². The number of hydrogen-bond acceptors (Lipinski definition) is 3. The van der Waals surface area contributed by atoms with E-state index in [1.54, 1.807) is 12.5 Å². The lowest BCUT2D eigenvalue weighted by molar-refractivity contribution is -0.116. The van der Waals surface area contributed by atoms with Crippen LogP contribution in [0.1, 0.15) is 31.7 Å². The van der Waals surface area contributed by atoms with Crippen molar-refractivity contribution in [2.24, 2.45) is 0 Å². The summed E-state index contributed by atoms with van der Waals surface area (Å²) in [4.78, 5) is 23.6. The van der Waals surface area contributed by atoms with Crippen molar-refractivity contribution in [1.82, 2.24) is 15.0 Å². The highest BCUT2D eigenvalue weighted by atomic mass is 16.1. The maximum absolute atomic E-state index is 11.9. The van der Waals surface area contributed by atoms with Gasteiger partial charge in [0.2, 0.25) is 5.91 Å². The largest absolute Gasteiger partial charge is 0.343 e. The normalized spacial score (nSPS) is 10.9. The van der Waals surface area contributed by atoms with E-state index in [1.165, 1.54) is 0 Å². The molecule has 0 saturated carbocycles. The maximum Gasteiger partial charge on any atom is 0.224 e. The molecule has 1 amide bonds. The van der Waals surface area contributed by atoms with E-state index in [4.69, 9.17) is 0 Å². The quantitative estimate of drug-likeness (QED) is 0.746. The Balaban J connectivity index is 1.90. The molecule has 1 aromatic carbocycles. The average Bonchev–Trinajstić information content (AvgIpc) is 3.08. The number of carbonyl (C=O) groups excluding carboxylic acids is 1. The van der Waals surface area contributed by atoms with E-state index in [1.807, 2.05) is 31.2 Å². The summed E-state index contributed by atoms with van der Waals surface area (Å²) < 4.78 is 0. The van der Waals surface area contributed by atoms with Crippen LogP contribution >= 0.6 is 0 Å². The Morgan fingerprint density at radius 3 is 2.91 bits per heavy atom. The topological polar surface area (TPSA) is 70.7 Å². The van der Waals surface area contributed by atoms with E-state index >= 15 is 0 Å². The molecule has 0 fully saturated rings. The van der Waals surface area contributed by atoms with E-state index in [0.29, 0.717) is 6.42 Å². The number of carbonyl (C=O) groups is 1. The predicted octanol–water partition coefficient (Wildman–Crippen LogP) is 4.06. The second-order valence-electron chi connectivity index (χ2n) is 5.67. The summed E-state index contributed by atoms with van der Waals surface area (Å²) >= 11 is 0. The first kappa shape index (κ1) is 15.2. The average molecular weight is 308 g/mol. The van der Waals surface area contributed by atoms with Crippen molar-refractivity contribution in [2.45, 2.75) is 33.1 Å². The molecule has 0 radical (unpaired) electrons. The van der Waals surface area contributed by atoms with Gasteiger partial charge in [-0.2, -0.15) is 0 Å². The summed E-state index contributed by atoms with van der Waals surface area (Å²) in [6, 6.07) is 7.85. The molecule has 23 heavy (non-hydrogen) atoms. The molecular formula is C18H20N4O. The summed E-state index contributed by atoms with van der Waals surface area (Å²) in [5.41, 5.74) is 4.60. The number of hydrogen-bond donors (Lipinski definition) is 2. The summed E-state index contributed by atoms with van der Waals surface area (Å²) in [5.74, 6) is 0.0610. The summed E-state index contributed by atoms with van der Waals surface area (Å²) in [6.07, 6.45) is 5.89. The number of fused-ring (bicyclic) bond motifs is 1. The smallest absolute Gasteiger partial charge is 0.224 e. The van der Waals surface area contributed by atoms with Crippen molar-refractivity contribution in [1.29, 1.82) is 0 Å². The van der Waals surface area contributed by atoms with Gasteiger partial charge < -0.3 is 10.3 Å². The number of nitrogens with one attached hydrogen (secondary N) is 2. The molecule has 3 rings (SSSR count). The molecule has 5 nitrogen and oxygen atoms in total. The van der Waals surface area contributed by atoms with Gasteiger partial charge in [-0.05, 0) is 43.2 Å². The van der Waals surface area contributed by atoms with E-state index in [0.717, 1.165) is 46.4 Å². The minimum absolute atomic E-state index is 0.0610. The number of amides is 1. The summed E-state index contributed by atoms with van der Waals surface area (Å²) in [7, 11) is 0. The Kier molecular flexibility index (Phi) is 4.37. The van der Waals surface area contributed by atoms with E-state index in [2.05, 4.69) is 27.2 Å². The van der Waals surface area contributed by atoms with Crippen molar-refractivity contribution < 1.29 is 4.79 Å². The fourth-order valence-electron chi connectivity index (χ4n) is 2.57. The minimum Gasteiger partial charge on any atom is -0.343 e. The second-order valence-corrected chi connectivity index (χ2v) is 5.67. The van der Waals surface area contributed by atoms with Crippen molar-refractivity contribution in [3.8, 4) is 11.4 Å². The molecule has 0 unspecified atom stereocenters. The van der Waals surface area contributed by atoms with E-state index in [-0.39, 0.29) is 5.91 Å². The molecule has 0 atom stereocenters. The predicted molar refractivity (Wildman–Crippen MR) is 92.2 cm³/mol. The molecular weight excluding hydrogens is 288 g/mol. The van der Waals surface area contributed by atoms with Gasteiger partial charge in [-0.15, -0.1) is 0 Å². The molecule has 0 aliphatic rings. The number of aryl methyl sites for hydroxylation is 1. The van der Waals surface area contributed by atoms with Gasteiger partial charge in [-0.25, -0.2) is 9.97 Å². The highest BCUT2D eigenvalue weighted by Crippen LogP contribution is 2.25.